The minimum Gasteiger partial charge on any atom is -0.385 e. The number of aryl methyl sites for hydroxylation is 2. The van der Waals surface area contributed by atoms with Crippen LogP contribution >= 0.6 is 0 Å². The Morgan fingerprint density at radius 2 is 1.83 bits per heavy atom. The van der Waals surface area contributed by atoms with E-state index in [1.807, 2.05) is 12.1 Å². The number of hydrogen-bond acceptors (Lipinski definition) is 1. The van der Waals surface area contributed by atoms with Crippen LogP contribution in [0.2, 0.25) is 0 Å². The third kappa shape index (κ3) is 3.59. The third-order valence-electron chi connectivity index (χ3n) is 2.99. The van der Waals surface area contributed by atoms with Crippen LogP contribution in [0.3, 0.4) is 0 Å². The van der Waals surface area contributed by atoms with Gasteiger partial charge >= 0.3 is 0 Å². The van der Waals surface area contributed by atoms with Crippen LogP contribution in [0.5, 0.6) is 0 Å². The van der Waals surface area contributed by atoms with Crippen molar-refractivity contribution in [1.82, 2.24) is 0 Å². The number of hydrogen-bond donors (Lipinski definition) is 1. The molecule has 0 aliphatic rings. The van der Waals surface area contributed by atoms with Gasteiger partial charge in [-0.3, -0.25) is 0 Å². The minimum atomic E-state index is -0.150. The van der Waals surface area contributed by atoms with Gasteiger partial charge in [-0.25, -0.2) is 4.39 Å². The molecule has 0 unspecified atom stereocenters. The molecule has 18 heavy (non-hydrogen) atoms. The topological polar surface area (TPSA) is 12.0 Å². The van der Waals surface area contributed by atoms with Gasteiger partial charge in [0.2, 0.25) is 0 Å². The van der Waals surface area contributed by atoms with Gasteiger partial charge in [-0.1, -0.05) is 36.4 Å². The van der Waals surface area contributed by atoms with E-state index in [-0.39, 0.29) is 5.82 Å². The van der Waals surface area contributed by atoms with Gasteiger partial charge in [0.15, 0.2) is 0 Å². The van der Waals surface area contributed by atoms with Crippen molar-refractivity contribution in [1.29, 1.82) is 0 Å². The summed E-state index contributed by atoms with van der Waals surface area (Å²) in [5.41, 5.74) is 2.88. The standard InChI is InChI=1S/C16H18FN/c1-13-9-10-15(12-16(13)17)18-11-5-8-14-6-3-2-4-7-14/h2-4,6-7,9-10,12,18H,5,8,11H2,1H3. The van der Waals surface area contributed by atoms with E-state index >= 15 is 0 Å². The molecule has 0 saturated heterocycles. The van der Waals surface area contributed by atoms with E-state index in [1.165, 1.54) is 5.56 Å². The Bertz CT molecular complexity index is 494. The molecule has 0 saturated carbocycles. The van der Waals surface area contributed by atoms with Crippen LogP contribution in [0.15, 0.2) is 48.5 Å². The Balaban J connectivity index is 1.77. The highest BCUT2D eigenvalue weighted by Crippen LogP contribution is 2.13. The molecule has 0 radical (unpaired) electrons. The molecule has 1 N–H and O–H groups in total. The summed E-state index contributed by atoms with van der Waals surface area (Å²) in [6, 6.07) is 15.7. The van der Waals surface area contributed by atoms with Crippen molar-refractivity contribution >= 4 is 5.69 Å². The molecule has 0 heterocycles. The summed E-state index contributed by atoms with van der Waals surface area (Å²) in [5.74, 6) is -0.150. The maximum absolute atomic E-state index is 13.3. The van der Waals surface area contributed by atoms with E-state index < -0.39 is 0 Å². The summed E-state index contributed by atoms with van der Waals surface area (Å²) < 4.78 is 13.3. The van der Waals surface area contributed by atoms with Gasteiger partial charge in [0.05, 0.1) is 0 Å². The van der Waals surface area contributed by atoms with Crippen LogP contribution in [0.1, 0.15) is 17.5 Å². The Morgan fingerprint density at radius 1 is 1.06 bits per heavy atom. The van der Waals surface area contributed by atoms with Gasteiger partial charge in [0, 0.05) is 12.2 Å². The van der Waals surface area contributed by atoms with Gasteiger partial charge < -0.3 is 5.32 Å². The third-order valence-corrected chi connectivity index (χ3v) is 2.99. The van der Waals surface area contributed by atoms with E-state index in [9.17, 15) is 4.39 Å². The average molecular weight is 243 g/mol. The largest absolute Gasteiger partial charge is 0.385 e. The van der Waals surface area contributed by atoms with Crippen LogP contribution < -0.4 is 5.32 Å². The zero-order valence-electron chi connectivity index (χ0n) is 10.6. The minimum absolute atomic E-state index is 0.150. The maximum atomic E-state index is 13.3. The fourth-order valence-corrected chi connectivity index (χ4v) is 1.87. The first-order chi connectivity index (χ1) is 8.75. The second-order valence-electron chi connectivity index (χ2n) is 4.48. The predicted molar refractivity (Wildman–Crippen MR) is 74.4 cm³/mol. The Labute approximate surface area is 108 Å². The molecule has 0 aliphatic carbocycles. The number of benzene rings is 2. The smallest absolute Gasteiger partial charge is 0.128 e. The van der Waals surface area contributed by atoms with Crippen LogP contribution in [0.25, 0.3) is 0 Å². The van der Waals surface area contributed by atoms with Crippen molar-refractivity contribution in [2.75, 3.05) is 11.9 Å². The lowest BCUT2D eigenvalue weighted by Crippen LogP contribution is -2.03. The second-order valence-corrected chi connectivity index (χ2v) is 4.48. The molecule has 0 amide bonds. The Morgan fingerprint density at radius 3 is 2.56 bits per heavy atom. The lowest BCUT2D eigenvalue weighted by molar-refractivity contribution is 0.619. The molecule has 2 aromatic carbocycles. The monoisotopic (exact) mass is 243 g/mol. The fourth-order valence-electron chi connectivity index (χ4n) is 1.87. The Hall–Kier alpha value is -1.83. The molecule has 0 bridgehead atoms. The first kappa shape index (κ1) is 12.6. The summed E-state index contributed by atoms with van der Waals surface area (Å²) in [6.07, 6.45) is 2.09. The van der Waals surface area contributed by atoms with Crippen LogP contribution in [-0.4, -0.2) is 6.54 Å². The second kappa shape index (κ2) is 6.20. The lowest BCUT2D eigenvalue weighted by atomic mass is 10.1. The molecule has 1 nitrogen and oxygen atoms in total. The molecule has 2 rings (SSSR count). The van der Waals surface area contributed by atoms with Crippen molar-refractivity contribution in [2.24, 2.45) is 0 Å². The number of nitrogens with one attached hydrogen (secondary N) is 1. The number of rotatable bonds is 5. The molecular weight excluding hydrogens is 225 g/mol. The van der Waals surface area contributed by atoms with Crippen molar-refractivity contribution < 1.29 is 4.39 Å². The molecule has 2 heteroatoms. The molecule has 0 aromatic heterocycles. The summed E-state index contributed by atoms with van der Waals surface area (Å²) in [4.78, 5) is 0. The lowest BCUT2D eigenvalue weighted by Gasteiger charge is -2.07. The first-order valence-electron chi connectivity index (χ1n) is 6.29. The molecule has 0 aliphatic heterocycles. The van der Waals surface area contributed by atoms with Gasteiger partial charge in [-0.2, -0.15) is 0 Å². The molecule has 0 spiro atoms. The van der Waals surface area contributed by atoms with E-state index in [1.54, 1.807) is 19.1 Å². The van der Waals surface area contributed by atoms with Gasteiger partial charge in [0.25, 0.3) is 0 Å². The van der Waals surface area contributed by atoms with Gasteiger partial charge in [-0.05, 0) is 43.0 Å². The first-order valence-corrected chi connectivity index (χ1v) is 6.29. The molecule has 2 aromatic rings. The van der Waals surface area contributed by atoms with E-state index in [2.05, 4.69) is 29.6 Å². The number of halogens is 1. The molecule has 94 valence electrons. The highest BCUT2D eigenvalue weighted by Gasteiger charge is 1.98. The van der Waals surface area contributed by atoms with E-state index in [4.69, 9.17) is 0 Å². The normalized spacial score (nSPS) is 10.3. The molecule has 0 fully saturated rings. The highest BCUT2D eigenvalue weighted by atomic mass is 19.1. The van der Waals surface area contributed by atoms with Crippen LogP contribution in [-0.2, 0) is 6.42 Å². The number of anilines is 1. The van der Waals surface area contributed by atoms with Crippen molar-refractivity contribution in [3.05, 3.63) is 65.5 Å². The zero-order valence-corrected chi connectivity index (χ0v) is 10.6. The van der Waals surface area contributed by atoms with Crippen LogP contribution in [0.4, 0.5) is 10.1 Å². The highest BCUT2D eigenvalue weighted by molar-refractivity contribution is 5.45. The van der Waals surface area contributed by atoms with Gasteiger partial charge in [0.1, 0.15) is 5.82 Å². The average Bonchev–Trinajstić information content (AvgIpc) is 2.40. The van der Waals surface area contributed by atoms with Crippen molar-refractivity contribution in [3.63, 3.8) is 0 Å². The molecular formula is C16H18FN. The maximum Gasteiger partial charge on any atom is 0.128 e. The summed E-state index contributed by atoms with van der Waals surface area (Å²) in [7, 11) is 0. The summed E-state index contributed by atoms with van der Waals surface area (Å²) >= 11 is 0. The summed E-state index contributed by atoms with van der Waals surface area (Å²) in [5, 5.41) is 3.24. The van der Waals surface area contributed by atoms with Gasteiger partial charge in [-0.15, -0.1) is 0 Å². The van der Waals surface area contributed by atoms with Crippen molar-refractivity contribution in [2.45, 2.75) is 19.8 Å². The van der Waals surface area contributed by atoms with Crippen LogP contribution in [0, 0.1) is 12.7 Å². The van der Waals surface area contributed by atoms with Crippen molar-refractivity contribution in [3.8, 4) is 0 Å². The molecule has 0 atom stereocenters. The Kier molecular flexibility index (Phi) is 4.35. The fraction of sp³-hybridized carbons (Fsp3) is 0.250. The summed E-state index contributed by atoms with van der Waals surface area (Å²) in [6.45, 7) is 2.63. The quantitative estimate of drug-likeness (QED) is 0.777. The SMILES string of the molecule is Cc1ccc(NCCCc2ccccc2)cc1F. The predicted octanol–water partition coefficient (Wildman–Crippen LogP) is 4.18. The van der Waals surface area contributed by atoms with E-state index in [0.29, 0.717) is 5.56 Å². The van der Waals surface area contributed by atoms with E-state index in [0.717, 1.165) is 25.1 Å². The zero-order chi connectivity index (χ0) is 12.8.